The van der Waals surface area contributed by atoms with Gasteiger partial charge in [-0.05, 0) is 36.1 Å². The van der Waals surface area contributed by atoms with Crippen molar-refractivity contribution in [2.45, 2.75) is 31.9 Å². The third-order valence-electron chi connectivity index (χ3n) is 6.95. The average Bonchev–Trinajstić information content (AvgIpc) is 3.67. The number of ether oxygens (including phenoxy) is 1. The lowest BCUT2D eigenvalue weighted by Gasteiger charge is -2.23. The molecule has 0 saturated carbocycles. The number of rotatable bonds is 8. The van der Waals surface area contributed by atoms with Crippen LogP contribution < -0.4 is 20.5 Å². The van der Waals surface area contributed by atoms with Gasteiger partial charge in [0.2, 0.25) is 5.91 Å². The molecule has 0 bridgehead atoms. The number of benzene rings is 3. The summed E-state index contributed by atoms with van der Waals surface area (Å²) < 4.78 is 23.8. The van der Waals surface area contributed by atoms with Crippen LogP contribution in [0.2, 0.25) is 0 Å². The van der Waals surface area contributed by atoms with E-state index in [-0.39, 0.29) is 11.1 Å². The fourth-order valence-corrected chi connectivity index (χ4v) is 5.90. The van der Waals surface area contributed by atoms with Crippen molar-refractivity contribution in [2.24, 2.45) is 0 Å². The quantitative estimate of drug-likeness (QED) is 0.295. The molecule has 1 amide bonds. The lowest BCUT2D eigenvalue weighted by Crippen LogP contribution is -2.43. The Morgan fingerprint density at radius 1 is 1.02 bits per heavy atom. The van der Waals surface area contributed by atoms with Crippen molar-refractivity contribution in [3.63, 3.8) is 0 Å². The molecular weight excluding hydrogens is 522 g/mol. The number of thiazole rings is 1. The van der Waals surface area contributed by atoms with Gasteiger partial charge in [-0.15, -0.1) is 0 Å². The molecule has 1 aliphatic heterocycles. The van der Waals surface area contributed by atoms with Gasteiger partial charge in [-0.1, -0.05) is 84.1 Å². The highest BCUT2D eigenvalue weighted by Crippen LogP contribution is 2.33. The summed E-state index contributed by atoms with van der Waals surface area (Å²) >= 11 is 1.27. The molecule has 2 aromatic heterocycles. The molecule has 8 nitrogen and oxygen atoms in total. The number of carbonyl (C=O) groups excluding carboxylic acids is 1. The third-order valence-corrected chi connectivity index (χ3v) is 7.93. The number of hydrogen-bond donors (Lipinski definition) is 1. The Bertz CT molecular complexity index is 1780. The fourth-order valence-electron chi connectivity index (χ4n) is 4.89. The molecule has 1 fully saturated rings. The van der Waals surface area contributed by atoms with Crippen LogP contribution in [0, 0.1) is 0 Å². The molecule has 3 aromatic carbocycles. The van der Waals surface area contributed by atoms with E-state index in [1.165, 1.54) is 11.3 Å². The van der Waals surface area contributed by atoms with Crippen LogP contribution >= 0.6 is 11.3 Å². The third kappa shape index (κ3) is 5.20. The van der Waals surface area contributed by atoms with E-state index in [0.29, 0.717) is 40.9 Å². The van der Waals surface area contributed by atoms with Gasteiger partial charge in [0.05, 0.1) is 16.4 Å². The van der Waals surface area contributed by atoms with Gasteiger partial charge in [0.1, 0.15) is 17.6 Å². The average molecular weight is 554 g/mol. The minimum absolute atomic E-state index is 0.244. The number of hydrogen-bond acceptors (Lipinski definition) is 7. The van der Waals surface area contributed by atoms with Gasteiger partial charge < -0.3 is 15.0 Å². The standard InChI is InChI=1S/C31H29N5O3S/c1-39-24-16-14-22(15-17-24)20-36-27(23-11-6-3-7-12-23)34-29-26(30(36)38)33-31(40-29)35-18-8-13-25(35)28(37)32-19-21-9-4-2-5-10-21/h2-7,9-12,14-17,25H,8,13,18-20H2,1H3,(H,32,37)/t25-/m1/s1/i19D2. The Morgan fingerprint density at radius 2 is 1.75 bits per heavy atom. The lowest BCUT2D eigenvalue weighted by molar-refractivity contribution is -0.122. The number of nitrogens with one attached hydrogen (secondary N) is 1. The van der Waals surface area contributed by atoms with Crippen molar-refractivity contribution < 1.29 is 12.3 Å². The molecule has 1 N–H and O–H groups in total. The summed E-state index contributed by atoms with van der Waals surface area (Å²) in [7, 11) is 1.61. The molecule has 1 saturated heterocycles. The second-order valence-electron chi connectivity index (χ2n) is 9.52. The minimum Gasteiger partial charge on any atom is -0.497 e. The first kappa shape index (κ1) is 23.4. The smallest absolute Gasteiger partial charge is 0.281 e. The number of anilines is 1. The van der Waals surface area contributed by atoms with Gasteiger partial charge in [0.25, 0.3) is 5.56 Å². The topological polar surface area (TPSA) is 89.4 Å². The number of methoxy groups -OCH3 is 1. The van der Waals surface area contributed by atoms with Crippen LogP contribution in [-0.4, -0.2) is 40.1 Å². The first-order valence-electron chi connectivity index (χ1n) is 14.1. The molecular formula is C31H29N5O3S. The zero-order valence-electron chi connectivity index (χ0n) is 23.9. The summed E-state index contributed by atoms with van der Waals surface area (Å²) in [5.41, 5.74) is 2.07. The molecule has 0 aliphatic carbocycles. The van der Waals surface area contributed by atoms with E-state index in [0.717, 1.165) is 23.3 Å². The van der Waals surface area contributed by atoms with Crippen molar-refractivity contribution in [1.82, 2.24) is 19.9 Å². The van der Waals surface area contributed by atoms with E-state index in [4.69, 9.17) is 17.4 Å². The second-order valence-corrected chi connectivity index (χ2v) is 10.5. The van der Waals surface area contributed by atoms with Gasteiger partial charge >= 0.3 is 0 Å². The van der Waals surface area contributed by atoms with Gasteiger partial charge in [-0.3, -0.25) is 14.2 Å². The fraction of sp³-hybridized carbons (Fsp3) is 0.226. The van der Waals surface area contributed by atoms with Crippen molar-refractivity contribution in [3.8, 4) is 17.1 Å². The number of carbonyl (C=O) groups is 1. The van der Waals surface area contributed by atoms with Crippen molar-refractivity contribution >= 4 is 32.7 Å². The van der Waals surface area contributed by atoms with Gasteiger partial charge in [0, 0.05) is 18.6 Å². The summed E-state index contributed by atoms with van der Waals surface area (Å²) in [5.74, 6) is 0.842. The molecule has 1 atom stereocenters. The molecule has 6 rings (SSSR count). The molecule has 0 radical (unpaired) electrons. The van der Waals surface area contributed by atoms with E-state index in [2.05, 4.69) is 5.32 Å². The summed E-state index contributed by atoms with van der Waals surface area (Å²) in [4.78, 5) is 39.2. The van der Waals surface area contributed by atoms with Crippen LogP contribution in [0.4, 0.5) is 5.13 Å². The van der Waals surface area contributed by atoms with Crippen LogP contribution in [0.1, 0.15) is 26.7 Å². The van der Waals surface area contributed by atoms with E-state index < -0.39 is 18.4 Å². The molecule has 0 spiro atoms. The van der Waals surface area contributed by atoms with Crippen molar-refractivity contribution in [1.29, 1.82) is 0 Å². The van der Waals surface area contributed by atoms with E-state index >= 15 is 0 Å². The molecule has 5 aromatic rings. The lowest BCUT2D eigenvalue weighted by atomic mass is 10.1. The largest absolute Gasteiger partial charge is 0.497 e. The first-order chi connectivity index (χ1) is 20.3. The van der Waals surface area contributed by atoms with E-state index in [9.17, 15) is 9.59 Å². The van der Waals surface area contributed by atoms with E-state index in [1.54, 1.807) is 42.0 Å². The van der Waals surface area contributed by atoms with Crippen LogP contribution in [0.25, 0.3) is 21.7 Å². The molecule has 9 heteroatoms. The number of fused-ring (bicyclic) bond motifs is 1. The molecule has 0 unspecified atom stereocenters. The SMILES string of the molecule is [2H]C([2H])(NC(=O)[C@H]1CCCN1c1nc2c(=O)n(Cc3ccc(OC)cc3)c(-c3ccccc3)nc2s1)c1ccccc1. The Kier molecular flexibility index (Phi) is 6.62. The van der Waals surface area contributed by atoms with E-state index in [1.807, 2.05) is 59.5 Å². The predicted molar refractivity (Wildman–Crippen MR) is 158 cm³/mol. The summed E-state index contributed by atoms with van der Waals surface area (Å²) in [6, 6.07) is 25.1. The minimum atomic E-state index is -2.03. The van der Waals surface area contributed by atoms with Crippen molar-refractivity contribution in [3.05, 3.63) is 106 Å². The zero-order valence-corrected chi connectivity index (χ0v) is 22.7. The number of aromatic nitrogens is 3. The van der Waals surface area contributed by atoms with Crippen molar-refractivity contribution in [2.75, 3.05) is 18.6 Å². The Hall–Kier alpha value is -4.50. The summed E-state index contributed by atoms with van der Waals surface area (Å²) in [6.45, 7) is -1.16. The molecule has 1 aliphatic rings. The molecule has 202 valence electrons. The second kappa shape index (κ2) is 11.3. The highest BCUT2D eigenvalue weighted by atomic mass is 32.1. The van der Waals surface area contributed by atoms with Crippen LogP contribution in [-0.2, 0) is 17.8 Å². The Morgan fingerprint density at radius 3 is 2.48 bits per heavy atom. The van der Waals surface area contributed by atoms with Gasteiger partial charge in [-0.2, -0.15) is 0 Å². The Balaban J connectivity index is 1.35. The first-order valence-corrected chi connectivity index (χ1v) is 13.9. The highest BCUT2D eigenvalue weighted by molar-refractivity contribution is 7.21. The Labute approximate surface area is 238 Å². The van der Waals surface area contributed by atoms with Crippen LogP contribution in [0.5, 0.6) is 5.75 Å². The summed E-state index contributed by atoms with van der Waals surface area (Å²) in [6.07, 6.45) is 1.30. The molecule has 3 heterocycles. The highest BCUT2D eigenvalue weighted by Gasteiger charge is 2.33. The number of amides is 1. The predicted octanol–water partition coefficient (Wildman–Crippen LogP) is 4.86. The maximum atomic E-state index is 13.9. The number of nitrogens with zero attached hydrogens (tertiary/aromatic N) is 4. The van der Waals surface area contributed by atoms with Gasteiger partial charge in [-0.25, -0.2) is 9.97 Å². The molecule has 40 heavy (non-hydrogen) atoms. The van der Waals surface area contributed by atoms with Crippen LogP contribution in [0.3, 0.4) is 0 Å². The normalized spacial score (nSPS) is 16.0. The maximum Gasteiger partial charge on any atom is 0.281 e. The van der Waals surface area contributed by atoms with Crippen LogP contribution in [0.15, 0.2) is 89.7 Å². The van der Waals surface area contributed by atoms with Gasteiger partial charge in [0.15, 0.2) is 15.5 Å². The summed E-state index contributed by atoms with van der Waals surface area (Å²) in [5, 5.41) is 3.10. The monoisotopic (exact) mass is 553 g/mol. The maximum absolute atomic E-state index is 13.9. The zero-order chi connectivity index (χ0) is 29.3.